The summed E-state index contributed by atoms with van der Waals surface area (Å²) in [4.78, 5) is 12.3. The Morgan fingerprint density at radius 1 is 1.00 bits per heavy atom. The molecule has 118 valence electrons. The third-order valence-electron chi connectivity index (χ3n) is 3.12. The number of para-hydroxylation sites is 3. The van der Waals surface area contributed by atoms with Gasteiger partial charge >= 0.3 is 0 Å². The second-order valence-electron chi connectivity index (χ2n) is 5.02. The van der Waals surface area contributed by atoms with Crippen LogP contribution in [-0.2, 0) is 10.0 Å². The molecule has 0 aliphatic rings. The number of hydrogen-bond acceptors (Lipinski definition) is 4. The maximum Gasteiger partial charge on any atom is 0.291 e. The number of hydrogen-bond donors (Lipinski definition) is 2. The first-order chi connectivity index (χ1) is 10.9. The van der Waals surface area contributed by atoms with Gasteiger partial charge in [0.25, 0.3) is 5.91 Å². The zero-order valence-electron chi connectivity index (χ0n) is 12.2. The van der Waals surface area contributed by atoms with Gasteiger partial charge in [0.05, 0.1) is 17.6 Å². The molecule has 0 unspecified atom stereocenters. The Kier molecular flexibility index (Phi) is 3.79. The van der Waals surface area contributed by atoms with Crippen molar-refractivity contribution in [2.24, 2.45) is 0 Å². The fourth-order valence-corrected chi connectivity index (χ4v) is 2.74. The van der Waals surface area contributed by atoms with Crippen LogP contribution in [0.2, 0.25) is 0 Å². The molecule has 0 bridgehead atoms. The molecule has 0 saturated carbocycles. The summed E-state index contributed by atoms with van der Waals surface area (Å²) in [7, 11) is -3.45. The van der Waals surface area contributed by atoms with Crippen molar-refractivity contribution < 1.29 is 17.6 Å². The van der Waals surface area contributed by atoms with Crippen molar-refractivity contribution in [3.8, 4) is 0 Å². The molecule has 3 rings (SSSR count). The van der Waals surface area contributed by atoms with Crippen molar-refractivity contribution in [2.75, 3.05) is 16.3 Å². The lowest BCUT2D eigenvalue weighted by molar-refractivity contribution is 0.0998. The number of carbonyl (C=O) groups excluding carboxylic acids is 1. The predicted octanol–water partition coefficient (Wildman–Crippen LogP) is 3.06. The van der Waals surface area contributed by atoms with E-state index in [0.717, 1.165) is 11.6 Å². The Labute approximate surface area is 133 Å². The fourth-order valence-electron chi connectivity index (χ4n) is 2.16. The molecule has 23 heavy (non-hydrogen) atoms. The molecule has 0 atom stereocenters. The van der Waals surface area contributed by atoms with Gasteiger partial charge in [-0.15, -0.1) is 0 Å². The average molecular weight is 330 g/mol. The zero-order chi connectivity index (χ0) is 16.4. The lowest BCUT2D eigenvalue weighted by atomic mass is 10.2. The highest BCUT2D eigenvalue weighted by Gasteiger charge is 2.15. The van der Waals surface area contributed by atoms with E-state index < -0.39 is 15.9 Å². The number of nitrogens with one attached hydrogen (secondary N) is 2. The van der Waals surface area contributed by atoms with Crippen LogP contribution in [0.25, 0.3) is 11.0 Å². The standard InChI is InChI=1S/C16H14N2O4S/c1-23(20,21)18-13-8-4-3-7-12(13)17-16(19)15-10-11-6-2-5-9-14(11)22-15/h2-10,18H,1H3,(H,17,19). The predicted molar refractivity (Wildman–Crippen MR) is 89.1 cm³/mol. The number of benzene rings is 2. The van der Waals surface area contributed by atoms with Crippen LogP contribution in [0.3, 0.4) is 0 Å². The summed E-state index contributed by atoms with van der Waals surface area (Å²) in [5.74, 6) is -0.302. The van der Waals surface area contributed by atoms with E-state index in [0.29, 0.717) is 17.0 Å². The van der Waals surface area contributed by atoms with Crippen LogP contribution in [-0.4, -0.2) is 20.6 Å². The smallest absolute Gasteiger partial charge is 0.291 e. The minimum atomic E-state index is -3.45. The SMILES string of the molecule is CS(=O)(=O)Nc1ccccc1NC(=O)c1cc2ccccc2o1. The van der Waals surface area contributed by atoms with Gasteiger partial charge in [-0.05, 0) is 24.3 Å². The van der Waals surface area contributed by atoms with E-state index in [1.54, 1.807) is 36.4 Å². The maximum absolute atomic E-state index is 12.3. The van der Waals surface area contributed by atoms with Crippen molar-refractivity contribution >= 4 is 38.3 Å². The van der Waals surface area contributed by atoms with Gasteiger partial charge in [0.1, 0.15) is 5.58 Å². The van der Waals surface area contributed by atoms with E-state index in [1.165, 1.54) is 0 Å². The van der Waals surface area contributed by atoms with E-state index in [1.807, 2.05) is 18.2 Å². The van der Waals surface area contributed by atoms with Gasteiger partial charge in [-0.2, -0.15) is 0 Å². The van der Waals surface area contributed by atoms with Crippen molar-refractivity contribution in [2.45, 2.75) is 0 Å². The number of fused-ring (bicyclic) bond motifs is 1. The molecule has 0 aliphatic heterocycles. The summed E-state index contributed by atoms with van der Waals surface area (Å²) in [5, 5.41) is 3.47. The summed E-state index contributed by atoms with van der Waals surface area (Å²) < 4.78 is 30.6. The van der Waals surface area contributed by atoms with Gasteiger partial charge in [0, 0.05) is 5.39 Å². The molecule has 0 saturated heterocycles. The molecule has 0 spiro atoms. The van der Waals surface area contributed by atoms with Gasteiger partial charge in [0.2, 0.25) is 10.0 Å². The molecule has 7 heteroatoms. The van der Waals surface area contributed by atoms with Gasteiger partial charge in [-0.25, -0.2) is 8.42 Å². The highest BCUT2D eigenvalue weighted by atomic mass is 32.2. The second-order valence-corrected chi connectivity index (χ2v) is 6.77. The monoisotopic (exact) mass is 330 g/mol. The molecule has 0 fully saturated rings. The Hall–Kier alpha value is -2.80. The molecular formula is C16H14N2O4S. The van der Waals surface area contributed by atoms with Crippen LogP contribution in [0.1, 0.15) is 10.6 Å². The quantitative estimate of drug-likeness (QED) is 0.769. The highest BCUT2D eigenvalue weighted by Crippen LogP contribution is 2.24. The van der Waals surface area contributed by atoms with Crippen molar-refractivity contribution in [1.82, 2.24) is 0 Å². The third-order valence-corrected chi connectivity index (χ3v) is 3.71. The van der Waals surface area contributed by atoms with Gasteiger partial charge in [-0.1, -0.05) is 30.3 Å². The molecule has 1 heterocycles. The topological polar surface area (TPSA) is 88.4 Å². The van der Waals surface area contributed by atoms with E-state index in [-0.39, 0.29) is 5.76 Å². The van der Waals surface area contributed by atoms with Gasteiger partial charge in [0.15, 0.2) is 5.76 Å². The molecule has 2 N–H and O–H groups in total. The number of rotatable bonds is 4. The van der Waals surface area contributed by atoms with Crippen LogP contribution < -0.4 is 10.0 Å². The lowest BCUT2D eigenvalue weighted by Crippen LogP contribution is -2.15. The number of anilines is 2. The largest absolute Gasteiger partial charge is 0.451 e. The number of sulfonamides is 1. The molecule has 1 aromatic heterocycles. The molecule has 6 nitrogen and oxygen atoms in total. The molecule has 3 aromatic rings. The number of amides is 1. The fraction of sp³-hybridized carbons (Fsp3) is 0.0625. The summed E-state index contributed by atoms with van der Waals surface area (Å²) in [5.41, 5.74) is 1.25. The van der Waals surface area contributed by atoms with E-state index in [2.05, 4.69) is 10.0 Å². The molecule has 1 amide bonds. The minimum absolute atomic E-state index is 0.153. The summed E-state index contributed by atoms with van der Waals surface area (Å²) >= 11 is 0. The average Bonchev–Trinajstić information content (AvgIpc) is 2.92. The van der Waals surface area contributed by atoms with E-state index in [9.17, 15) is 13.2 Å². The molecule has 2 aromatic carbocycles. The highest BCUT2D eigenvalue weighted by molar-refractivity contribution is 7.92. The lowest BCUT2D eigenvalue weighted by Gasteiger charge is -2.10. The van der Waals surface area contributed by atoms with Crippen LogP contribution in [0.15, 0.2) is 59.0 Å². The zero-order valence-corrected chi connectivity index (χ0v) is 13.1. The van der Waals surface area contributed by atoms with Crippen LogP contribution in [0.5, 0.6) is 0 Å². The molecule has 0 aliphatic carbocycles. The first kappa shape index (κ1) is 15.1. The van der Waals surface area contributed by atoms with Crippen molar-refractivity contribution in [3.05, 3.63) is 60.4 Å². The summed E-state index contributed by atoms with van der Waals surface area (Å²) in [6.07, 6.45) is 1.05. The molecule has 0 radical (unpaired) electrons. The van der Waals surface area contributed by atoms with Gasteiger partial charge in [-0.3, -0.25) is 9.52 Å². The Bertz CT molecular complexity index is 943. The van der Waals surface area contributed by atoms with Crippen LogP contribution in [0.4, 0.5) is 11.4 Å². The Morgan fingerprint density at radius 3 is 2.35 bits per heavy atom. The van der Waals surface area contributed by atoms with Gasteiger partial charge < -0.3 is 9.73 Å². The third kappa shape index (κ3) is 3.51. The Balaban J connectivity index is 1.88. The summed E-state index contributed by atoms with van der Waals surface area (Å²) in [6, 6.07) is 15.5. The number of furan rings is 1. The minimum Gasteiger partial charge on any atom is -0.451 e. The van der Waals surface area contributed by atoms with E-state index in [4.69, 9.17) is 4.42 Å². The van der Waals surface area contributed by atoms with Crippen molar-refractivity contribution in [1.29, 1.82) is 0 Å². The molecular weight excluding hydrogens is 316 g/mol. The summed E-state index contributed by atoms with van der Waals surface area (Å²) in [6.45, 7) is 0. The van der Waals surface area contributed by atoms with Crippen molar-refractivity contribution in [3.63, 3.8) is 0 Å². The normalized spacial score (nSPS) is 11.3. The first-order valence-corrected chi connectivity index (χ1v) is 8.68. The number of carbonyl (C=O) groups is 1. The van der Waals surface area contributed by atoms with Crippen LogP contribution >= 0.6 is 0 Å². The first-order valence-electron chi connectivity index (χ1n) is 6.79. The Morgan fingerprint density at radius 2 is 1.65 bits per heavy atom. The second kappa shape index (κ2) is 5.77. The van der Waals surface area contributed by atoms with Crippen LogP contribution in [0, 0.1) is 0 Å². The van der Waals surface area contributed by atoms with E-state index >= 15 is 0 Å². The maximum atomic E-state index is 12.3.